The molecule has 34 heavy (non-hydrogen) atoms. The van der Waals surface area contributed by atoms with Crippen LogP contribution < -0.4 is 4.90 Å². The summed E-state index contributed by atoms with van der Waals surface area (Å²) in [6.07, 6.45) is 3.77. The van der Waals surface area contributed by atoms with Crippen molar-refractivity contribution in [3.05, 3.63) is 119 Å². The van der Waals surface area contributed by atoms with E-state index >= 15 is 0 Å². The predicted octanol–water partition coefficient (Wildman–Crippen LogP) is 9.36. The summed E-state index contributed by atoms with van der Waals surface area (Å²) in [6.45, 7) is 7.02. The van der Waals surface area contributed by atoms with E-state index in [-0.39, 0.29) is 0 Å². The van der Waals surface area contributed by atoms with Crippen LogP contribution in [0.2, 0.25) is 0 Å². The van der Waals surface area contributed by atoms with E-state index < -0.39 is 0 Å². The van der Waals surface area contributed by atoms with Crippen molar-refractivity contribution in [3.63, 3.8) is 0 Å². The third-order valence-corrected chi connectivity index (χ3v) is 7.99. The number of hydrogen-bond donors (Lipinski definition) is 0. The lowest BCUT2D eigenvalue weighted by atomic mass is 9.73. The molecule has 0 saturated heterocycles. The SMILES string of the molecule is CC1=C2CCC(C)(C2)c2cc(-c3ccc(N(c4ccccc4)c4ccccc4)cc3C)ccc21. The summed E-state index contributed by atoms with van der Waals surface area (Å²) in [5.41, 5.74) is 14.0. The van der Waals surface area contributed by atoms with Crippen molar-refractivity contribution in [2.75, 3.05) is 4.90 Å². The lowest BCUT2D eigenvalue weighted by Crippen LogP contribution is -2.21. The number of anilines is 3. The highest BCUT2D eigenvalue weighted by atomic mass is 15.1. The highest BCUT2D eigenvalue weighted by molar-refractivity contribution is 5.82. The quantitative estimate of drug-likeness (QED) is 0.305. The first-order valence-corrected chi connectivity index (χ1v) is 12.4. The molecule has 0 aromatic heterocycles. The molecular formula is C33H31N. The smallest absolute Gasteiger partial charge is 0.0464 e. The standard InChI is InChI=1S/C33H31N/c1-23-20-29(34(27-10-6-4-7-11-27)28-12-8-5-9-13-28)15-17-30(23)25-14-16-31-24(2)26-18-19-33(3,22-26)32(31)21-25/h4-17,20-21H,18-19,22H2,1-3H3. The third kappa shape index (κ3) is 3.39. The Labute approximate surface area is 203 Å². The summed E-state index contributed by atoms with van der Waals surface area (Å²) in [7, 11) is 0. The lowest BCUT2D eigenvalue weighted by molar-refractivity contribution is 0.495. The Morgan fingerprint density at radius 1 is 0.676 bits per heavy atom. The molecule has 0 radical (unpaired) electrons. The van der Waals surface area contributed by atoms with Gasteiger partial charge in [0, 0.05) is 17.1 Å². The maximum absolute atomic E-state index is 2.48. The highest BCUT2D eigenvalue weighted by Gasteiger charge is 2.39. The molecule has 6 rings (SSSR count). The van der Waals surface area contributed by atoms with Gasteiger partial charge in [0.2, 0.25) is 0 Å². The first-order chi connectivity index (χ1) is 16.5. The number of benzene rings is 4. The van der Waals surface area contributed by atoms with Gasteiger partial charge in [-0.2, -0.15) is 0 Å². The van der Waals surface area contributed by atoms with E-state index in [0.717, 1.165) is 0 Å². The molecule has 1 saturated carbocycles. The topological polar surface area (TPSA) is 3.24 Å². The van der Waals surface area contributed by atoms with Crippen molar-refractivity contribution < 1.29 is 0 Å². The number of para-hydroxylation sites is 2. The lowest BCUT2D eigenvalue weighted by Gasteiger charge is -2.31. The van der Waals surface area contributed by atoms with Crippen LogP contribution in [0.5, 0.6) is 0 Å². The third-order valence-electron chi connectivity index (χ3n) is 7.99. The van der Waals surface area contributed by atoms with Crippen LogP contribution in [-0.4, -0.2) is 0 Å². The van der Waals surface area contributed by atoms with E-state index in [1.165, 1.54) is 64.2 Å². The van der Waals surface area contributed by atoms with Crippen molar-refractivity contribution in [2.45, 2.75) is 45.4 Å². The Kier molecular flexibility index (Phi) is 4.95. The van der Waals surface area contributed by atoms with Crippen LogP contribution >= 0.6 is 0 Å². The average molecular weight is 442 g/mol. The second-order valence-electron chi connectivity index (χ2n) is 10.2. The van der Waals surface area contributed by atoms with Gasteiger partial charge in [-0.25, -0.2) is 0 Å². The summed E-state index contributed by atoms with van der Waals surface area (Å²) in [5, 5.41) is 0. The van der Waals surface area contributed by atoms with Crippen LogP contribution in [0.25, 0.3) is 16.7 Å². The van der Waals surface area contributed by atoms with Gasteiger partial charge >= 0.3 is 0 Å². The summed E-state index contributed by atoms with van der Waals surface area (Å²) in [4.78, 5) is 2.33. The summed E-state index contributed by atoms with van der Waals surface area (Å²) in [5.74, 6) is 0. The van der Waals surface area contributed by atoms with Crippen LogP contribution in [0.4, 0.5) is 17.1 Å². The van der Waals surface area contributed by atoms with E-state index in [1.807, 2.05) is 0 Å². The van der Waals surface area contributed by atoms with Crippen LogP contribution in [0.15, 0.2) is 103 Å². The van der Waals surface area contributed by atoms with E-state index in [0.29, 0.717) is 5.41 Å². The van der Waals surface area contributed by atoms with Crippen molar-refractivity contribution in [3.8, 4) is 11.1 Å². The molecule has 0 aliphatic heterocycles. The molecule has 1 heteroatoms. The number of nitrogens with zero attached hydrogens (tertiary/aromatic N) is 1. The molecule has 1 nitrogen and oxygen atoms in total. The van der Waals surface area contributed by atoms with Gasteiger partial charge in [0.1, 0.15) is 0 Å². The van der Waals surface area contributed by atoms with Crippen LogP contribution in [0.1, 0.15) is 49.8 Å². The molecule has 0 N–H and O–H groups in total. The number of fused-ring (bicyclic) bond motifs is 4. The van der Waals surface area contributed by atoms with Gasteiger partial charge in [-0.05, 0) is 114 Å². The number of allylic oxidation sites excluding steroid dienone is 2. The Morgan fingerprint density at radius 3 is 1.97 bits per heavy atom. The molecule has 0 amide bonds. The fourth-order valence-corrected chi connectivity index (χ4v) is 6.07. The molecule has 2 bridgehead atoms. The highest BCUT2D eigenvalue weighted by Crippen LogP contribution is 2.53. The maximum Gasteiger partial charge on any atom is 0.0464 e. The van der Waals surface area contributed by atoms with E-state index in [9.17, 15) is 0 Å². The molecule has 2 aliphatic carbocycles. The van der Waals surface area contributed by atoms with Gasteiger partial charge in [-0.1, -0.05) is 67.1 Å². The molecule has 1 fully saturated rings. The molecule has 1 unspecified atom stereocenters. The monoisotopic (exact) mass is 441 g/mol. The van der Waals surface area contributed by atoms with Gasteiger partial charge in [-0.3, -0.25) is 0 Å². The molecular weight excluding hydrogens is 410 g/mol. The van der Waals surface area contributed by atoms with E-state index in [4.69, 9.17) is 0 Å². The molecule has 0 heterocycles. The molecule has 4 aromatic rings. The van der Waals surface area contributed by atoms with Gasteiger partial charge in [0.15, 0.2) is 0 Å². The van der Waals surface area contributed by atoms with Crippen molar-refractivity contribution >= 4 is 22.6 Å². The van der Waals surface area contributed by atoms with Gasteiger partial charge in [0.05, 0.1) is 0 Å². The fourth-order valence-electron chi connectivity index (χ4n) is 6.07. The number of hydrogen-bond acceptors (Lipinski definition) is 1. The van der Waals surface area contributed by atoms with Crippen LogP contribution in [0.3, 0.4) is 0 Å². The Bertz CT molecular complexity index is 1360. The van der Waals surface area contributed by atoms with Crippen molar-refractivity contribution in [1.29, 1.82) is 0 Å². The number of rotatable bonds is 4. The maximum atomic E-state index is 2.48. The van der Waals surface area contributed by atoms with Gasteiger partial charge in [-0.15, -0.1) is 0 Å². The van der Waals surface area contributed by atoms with Gasteiger partial charge < -0.3 is 4.90 Å². The fraction of sp³-hybridized carbons (Fsp3) is 0.212. The van der Waals surface area contributed by atoms with Gasteiger partial charge in [0.25, 0.3) is 0 Å². The largest absolute Gasteiger partial charge is 0.310 e. The zero-order chi connectivity index (χ0) is 23.3. The summed E-state index contributed by atoms with van der Waals surface area (Å²) in [6, 6.07) is 35.3. The molecule has 168 valence electrons. The number of aryl methyl sites for hydroxylation is 1. The molecule has 0 spiro atoms. The van der Waals surface area contributed by atoms with Crippen molar-refractivity contribution in [2.24, 2.45) is 0 Å². The Morgan fingerprint density at radius 2 is 1.32 bits per heavy atom. The van der Waals surface area contributed by atoms with Crippen LogP contribution in [-0.2, 0) is 5.41 Å². The predicted molar refractivity (Wildman–Crippen MR) is 145 cm³/mol. The zero-order valence-electron chi connectivity index (χ0n) is 20.3. The zero-order valence-corrected chi connectivity index (χ0v) is 20.3. The minimum absolute atomic E-state index is 0.297. The molecule has 2 aliphatic rings. The molecule has 4 aromatic carbocycles. The Hall–Kier alpha value is -3.58. The minimum Gasteiger partial charge on any atom is -0.310 e. The summed E-state index contributed by atoms with van der Waals surface area (Å²) >= 11 is 0. The van der Waals surface area contributed by atoms with E-state index in [1.54, 1.807) is 11.1 Å². The van der Waals surface area contributed by atoms with Crippen LogP contribution in [0, 0.1) is 6.92 Å². The first kappa shape index (κ1) is 21.0. The van der Waals surface area contributed by atoms with Crippen molar-refractivity contribution in [1.82, 2.24) is 0 Å². The second-order valence-corrected chi connectivity index (χ2v) is 10.2. The Balaban J connectivity index is 1.43. The first-order valence-electron chi connectivity index (χ1n) is 12.4. The minimum atomic E-state index is 0.297. The second kappa shape index (κ2) is 8.02. The average Bonchev–Trinajstić information content (AvgIpc) is 3.24. The molecule has 1 atom stereocenters. The van der Waals surface area contributed by atoms with E-state index in [2.05, 4.69) is 123 Å². The normalized spacial score (nSPS) is 18.7. The summed E-state index contributed by atoms with van der Waals surface area (Å²) < 4.78 is 0.